The SMILES string of the molecule is CN(C)CCCN(C(=O)C=Cc1ccc([N+](=O)[O-])s1)c1nc2ccc(F)cc2s1.Cl. The summed E-state index contributed by atoms with van der Waals surface area (Å²) < 4.78 is 14.2. The van der Waals surface area contributed by atoms with E-state index in [0.29, 0.717) is 26.8 Å². The highest BCUT2D eigenvalue weighted by atomic mass is 35.5. The van der Waals surface area contributed by atoms with Gasteiger partial charge in [-0.3, -0.25) is 19.8 Å². The van der Waals surface area contributed by atoms with E-state index in [0.717, 1.165) is 24.3 Å². The molecule has 0 aliphatic carbocycles. The summed E-state index contributed by atoms with van der Waals surface area (Å²) in [4.78, 5) is 31.9. The molecule has 0 atom stereocenters. The van der Waals surface area contributed by atoms with E-state index in [-0.39, 0.29) is 29.1 Å². The van der Waals surface area contributed by atoms with Crippen molar-refractivity contribution in [3.8, 4) is 0 Å². The zero-order chi connectivity index (χ0) is 21.0. The van der Waals surface area contributed by atoms with Gasteiger partial charge in [0, 0.05) is 23.6 Å². The number of nitrogens with zero attached hydrogens (tertiary/aromatic N) is 4. The van der Waals surface area contributed by atoms with E-state index in [1.807, 2.05) is 19.0 Å². The van der Waals surface area contributed by atoms with Crippen LogP contribution in [0.2, 0.25) is 0 Å². The summed E-state index contributed by atoms with van der Waals surface area (Å²) in [5.41, 5.74) is 0.634. The maximum absolute atomic E-state index is 13.5. The molecule has 7 nitrogen and oxygen atoms in total. The van der Waals surface area contributed by atoms with Gasteiger partial charge < -0.3 is 4.90 Å². The summed E-state index contributed by atoms with van der Waals surface area (Å²) in [5.74, 6) is -0.628. The molecule has 3 aromatic rings. The lowest BCUT2D eigenvalue weighted by Crippen LogP contribution is -2.32. The molecule has 0 radical (unpaired) electrons. The van der Waals surface area contributed by atoms with Crippen LogP contribution in [0, 0.1) is 15.9 Å². The van der Waals surface area contributed by atoms with E-state index in [4.69, 9.17) is 0 Å². The maximum Gasteiger partial charge on any atom is 0.324 e. The molecule has 30 heavy (non-hydrogen) atoms. The van der Waals surface area contributed by atoms with Crippen molar-refractivity contribution in [2.75, 3.05) is 32.1 Å². The summed E-state index contributed by atoms with van der Waals surface area (Å²) in [6.45, 7) is 1.25. The van der Waals surface area contributed by atoms with Gasteiger partial charge in [-0.05, 0) is 57.4 Å². The minimum Gasteiger partial charge on any atom is -0.309 e. The van der Waals surface area contributed by atoms with Crippen LogP contribution in [0.15, 0.2) is 36.4 Å². The van der Waals surface area contributed by atoms with Crippen LogP contribution in [0.1, 0.15) is 11.3 Å². The van der Waals surface area contributed by atoms with E-state index in [9.17, 15) is 19.3 Å². The fourth-order valence-electron chi connectivity index (χ4n) is 2.62. The van der Waals surface area contributed by atoms with E-state index in [2.05, 4.69) is 4.98 Å². The molecule has 0 spiro atoms. The number of anilines is 1. The van der Waals surface area contributed by atoms with Crippen molar-refractivity contribution in [1.82, 2.24) is 9.88 Å². The number of carbonyl (C=O) groups is 1. The Kier molecular flexibility index (Phi) is 8.42. The molecule has 1 aromatic carbocycles. The quantitative estimate of drug-likeness (QED) is 0.268. The second-order valence-electron chi connectivity index (χ2n) is 6.52. The molecule has 0 bridgehead atoms. The Morgan fingerprint density at radius 3 is 2.67 bits per heavy atom. The summed E-state index contributed by atoms with van der Waals surface area (Å²) in [5, 5.41) is 11.3. The van der Waals surface area contributed by atoms with Crippen molar-refractivity contribution >= 4 is 67.4 Å². The fourth-order valence-corrected chi connectivity index (χ4v) is 4.37. The summed E-state index contributed by atoms with van der Waals surface area (Å²) in [6, 6.07) is 7.34. The number of amides is 1. The Hall–Kier alpha value is -2.40. The normalized spacial score (nSPS) is 11.2. The lowest BCUT2D eigenvalue weighted by Gasteiger charge is -2.19. The van der Waals surface area contributed by atoms with Crippen LogP contribution in [0.25, 0.3) is 16.3 Å². The second kappa shape index (κ2) is 10.6. The number of carbonyl (C=O) groups excluding carboxylic acids is 1. The van der Waals surface area contributed by atoms with Crippen molar-refractivity contribution in [1.29, 1.82) is 0 Å². The standard InChI is InChI=1S/C19H19FN4O3S2.ClH/c1-22(2)10-3-11-23(19-21-15-7-4-13(20)12-16(15)29-19)17(25)8-5-14-6-9-18(28-14)24(26)27;/h4-9,12H,3,10-11H2,1-2H3;1H. The number of fused-ring (bicyclic) bond motifs is 1. The van der Waals surface area contributed by atoms with Gasteiger partial charge in [-0.1, -0.05) is 22.7 Å². The van der Waals surface area contributed by atoms with Gasteiger partial charge in [-0.15, -0.1) is 12.4 Å². The Labute approximate surface area is 187 Å². The van der Waals surface area contributed by atoms with E-state index < -0.39 is 4.92 Å². The predicted octanol–water partition coefficient (Wildman–Crippen LogP) is 4.83. The minimum absolute atomic E-state index is 0. The van der Waals surface area contributed by atoms with Crippen LogP contribution in [-0.4, -0.2) is 47.9 Å². The highest BCUT2D eigenvalue weighted by molar-refractivity contribution is 7.22. The second-order valence-corrected chi connectivity index (χ2v) is 8.62. The number of hydrogen-bond acceptors (Lipinski definition) is 7. The first-order chi connectivity index (χ1) is 13.8. The highest BCUT2D eigenvalue weighted by Crippen LogP contribution is 2.30. The number of thiazole rings is 1. The first kappa shape index (κ1) is 23.9. The Morgan fingerprint density at radius 2 is 2.00 bits per heavy atom. The molecule has 160 valence electrons. The van der Waals surface area contributed by atoms with Gasteiger partial charge in [0.15, 0.2) is 5.13 Å². The Bertz CT molecular complexity index is 1070. The number of rotatable bonds is 8. The number of nitro groups is 1. The first-order valence-corrected chi connectivity index (χ1v) is 10.4. The number of thiophene rings is 1. The smallest absolute Gasteiger partial charge is 0.309 e. The average molecular weight is 471 g/mol. The largest absolute Gasteiger partial charge is 0.324 e. The van der Waals surface area contributed by atoms with E-state index >= 15 is 0 Å². The molecule has 0 fully saturated rings. The van der Waals surface area contributed by atoms with Gasteiger partial charge in [0.2, 0.25) is 0 Å². The van der Waals surface area contributed by atoms with E-state index in [1.165, 1.54) is 35.6 Å². The fraction of sp³-hybridized carbons (Fsp3) is 0.263. The van der Waals surface area contributed by atoms with Crippen LogP contribution in [0.3, 0.4) is 0 Å². The third kappa shape index (κ3) is 6.05. The number of halogens is 2. The molecule has 0 unspecified atom stereocenters. The number of aromatic nitrogens is 1. The monoisotopic (exact) mass is 470 g/mol. The predicted molar refractivity (Wildman–Crippen MR) is 122 cm³/mol. The minimum atomic E-state index is -0.461. The summed E-state index contributed by atoms with van der Waals surface area (Å²) in [6.07, 6.45) is 3.69. The van der Waals surface area contributed by atoms with Gasteiger partial charge in [-0.2, -0.15) is 0 Å². The van der Waals surface area contributed by atoms with Crippen molar-refractivity contribution in [3.63, 3.8) is 0 Å². The van der Waals surface area contributed by atoms with Crippen LogP contribution < -0.4 is 4.90 Å². The van der Waals surface area contributed by atoms with Crippen molar-refractivity contribution < 1.29 is 14.1 Å². The number of hydrogen-bond donors (Lipinski definition) is 0. The zero-order valence-electron chi connectivity index (χ0n) is 16.3. The topological polar surface area (TPSA) is 79.6 Å². The third-order valence-corrected chi connectivity index (χ3v) is 6.05. The molecule has 0 aliphatic heterocycles. The van der Waals surface area contributed by atoms with Crippen molar-refractivity contribution in [2.45, 2.75) is 6.42 Å². The molecule has 0 N–H and O–H groups in total. The van der Waals surface area contributed by atoms with Crippen LogP contribution >= 0.6 is 35.1 Å². The molecular weight excluding hydrogens is 451 g/mol. The molecule has 2 heterocycles. The lowest BCUT2D eigenvalue weighted by molar-refractivity contribution is -0.380. The third-order valence-electron chi connectivity index (χ3n) is 4.01. The number of benzene rings is 1. The lowest BCUT2D eigenvalue weighted by atomic mass is 10.3. The maximum atomic E-state index is 13.5. The molecule has 0 saturated heterocycles. The van der Waals surface area contributed by atoms with Crippen LogP contribution in [-0.2, 0) is 4.79 Å². The molecule has 11 heteroatoms. The van der Waals surface area contributed by atoms with Crippen LogP contribution in [0.4, 0.5) is 14.5 Å². The average Bonchev–Trinajstić information content (AvgIpc) is 3.29. The zero-order valence-corrected chi connectivity index (χ0v) is 18.7. The highest BCUT2D eigenvalue weighted by Gasteiger charge is 2.18. The summed E-state index contributed by atoms with van der Waals surface area (Å²) >= 11 is 2.26. The molecule has 0 saturated carbocycles. The molecule has 2 aromatic heterocycles. The molecular formula is C19H20ClFN4O3S2. The van der Waals surface area contributed by atoms with Gasteiger partial charge in [0.25, 0.3) is 5.91 Å². The van der Waals surface area contributed by atoms with Gasteiger partial charge >= 0.3 is 5.00 Å². The molecule has 3 rings (SSSR count). The van der Waals surface area contributed by atoms with Gasteiger partial charge in [-0.25, -0.2) is 9.37 Å². The Balaban J connectivity index is 0.00000320. The van der Waals surface area contributed by atoms with Gasteiger partial charge in [0.05, 0.1) is 15.1 Å². The van der Waals surface area contributed by atoms with Crippen molar-refractivity contribution in [3.05, 3.63) is 57.2 Å². The van der Waals surface area contributed by atoms with Crippen molar-refractivity contribution in [2.24, 2.45) is 0 Å². The first-order valence-electron chi connectivity index (χ1n) is 8.78. The Morgan fingerprint density at radius 1 is 1.23 bits per heavy atom. The molecule has 1 amide bonds. The van der Waals surface area contributed by atoms with E-state index in [1.54, 1.807) is 23.1 Å². The molecule has 0 aliphatic rings. The summed E-state index contributed by atoms with van der Waals surface area (Å²) in [7, 11) is 3.91. The van der Waals surface area contributed by atoms with Gasteiger partial charge in [0.1, 0.15) is 5.82 Å². The van der Waals surface area contributed by atoms with Crippen LogP contribution in [0.5, 0.6) is 0 Å².